The minimum Gasteiger partial charge on any atom is -0.375 e. The van der Waals surface area contributed by atoms with Crippen molar-refractivity contribution >= 4 is 22.8 Å². The average molecular weight is 481 g/mol. The zero-order valence-corrected chi connectivity index (χ0v) is 19.5. The maximum absolute atomic E-state index is 14.9. The van der Waals surface area contributed by atoms with Gasteiger partial charge in [-0.3, -0.25) is 4.68 Å². The number of fused-ring (bicyclic) bond motifs is 1. The van der Waals surface area contributed by atoms with Crippen LogP contribution < -0.4 is 0 Å². The molecule has 0 bridgehead atoms. The van der Waals surface area contributed by atoms with Gasteiger partial charge in [-0.05, 0) is 44.9 Å². The van der Waals surface area contributed by atoms with Crippen LogP contribution in [0.15, 0.2) is 30.6 Å². The number of aryl methyl sites for hydroxylation is 2. The number of ether oxygens (including phenoxy) is 2. The summed E-state index contributed by atoms with van der Waals surface area (Å²) in [5, 5.41) is 4.76. The zero-order valence-electron chi connectivity index (χ0n) is 18.7. The summed E-state index contributed by atoms with van der Waals surface area (Å²) in [7, 11) is 0. The summed E-state index contributed by atoms with van der Waals surface area (Å²) in [6, 6.07) is 4.95. The quantitative estimate of drug-likeness (QED) is 0.412. The van der Waals surface area contributed by atoms with Crippen molar-refractivity contribution in [1.82, 2.24) is 29.7 Å². The molecule has 1 aliphatic heterocycles. The normalized spacial score (nSPS) is 20.7. The van der Waals surface area contributed by atoms with Crippen LogP contribution in [0.2, 0.25) is 5.02 Å². The molecule has 10 heteroatoms. The summed E-state index contributed by atoms with van der Waals surface area (Å²) in [6.07, 6.45) is 5.29. The van der Waals surface area contributed by atoms with Crippen molar-refractivity contribution in [2.75, 3.05) is 13.2 Å². The first-order valence-electron chi connectivity index (χ1n) is 11.2. The number of hydrogen-bond acceptors (Lipinski definition) is 7. The maximum atomic E-state index is 14.9. The standard InChI is InChI=1S/C24H22ClFN6O2/c1-12-13(2)29-24-22(28-12)21(17-6-3-15(25)7-18(17)26)30-23(31-24)20-11-33-10-19(34-20)14-8-27-32(9-14)16-4-5-16/h3,6-9,16,19-20H,4-5,10-11H2,1-2H3/t19-,20+/m1/s1. The number of halogens is 2. The van der Waals surface area contributed by atoms with Gasteiger partial charge in [0.15, 0.2) is 11.5 Å². The van der Waals surface area contributed by atoms with Crippen molar-refractivity contribution in [2.45, 2.75) is 44.9 Å². The average Bonchev–Trinajstić information content (AvgIpc) is 3.56. The van der Waals surface area contributed by atoms with Crippen LogP contribution in [0.3, 0.4) is 0 Å². The van der Waals surface area contributed by atoms with E-state index in [0.717, 1.165) is 29.8 Å². The molecule has 2 atom stereocenters. The van der Waals surface area contributed by atoms with Crippen LogP contribution in [-0.2, 0) is 9.47 Å². The van der Waals surface area contributed by atoms with E-state index in [4.69, 9.17) is 26.1 Å². The summed E-state index contributed by atoms with van der Waals surface area (Å²) in [5.41, 5.74) is 3.84. The smallest absolute Gasteiger partial charge is 0.182 e. The van der Waals surface area contributed by atoms with Crippen LogP contribution in [-0.4, -0.2) is 42.9 Å². The Hall–Kier alpha value is -3.01. The summed E-state index contributed by atoms with van der Waals surface area (Å²) in [4.78, 5) is 18.6. The van der Waals surface area contributed by atoms with Crippen molar-refractivity contribution < 1.29 is 13.9 Å². The highest BCUT2D eigenvalue weighted by Gasteiger charge is 2.31. The molecule has 0 spiro atoms. The lowest BCUT2D eigenvalue weighted by molar-refractivity contribution is -0.145. The van der Waals surface area contributed by atoms with Gasteiger partial charge < -0.3 is 9.47 Å². The molecular formula is C24H22ClFN6O2. The highest BCUT2D eigenvalue weighted by Crippen LogP contribution is 2.37. The van der Waals surface area contributed by atoms with Crippen LogP contribution in [0.1, 0.15) is 53.9 Å². The van der Waals surface area contributed by atoms with E-state index in [1.165, 1.54) is 6.07 Å². The van der Waals surface area contributed by atoms with Gasteiger partial charge in [-0.15, -0.1) is 0 Å². The van der Waals surface area contributed by atoms with E-state index in [9.17, 15) is 4.39 Å². The second kappa shape index (κ2) is 8.33. The molecule has 34 heavy (non-hydrogen) atoms. The van der Waals surface area contributed by atoms with Crippen LogP contribution in [0, 0.1) is 19.7 Å². The van der Waals surface area contributed by atoms with Crippen molar-refractivity contribution in [3.05, 3.63) is 64.2 Å². The summed E-state index contributed by atoms with van der Waals surface area (Å²) < 4.78 is 29.1. The molecule has 174 valence electrons. The third-order valence-corrected chi connectivity index (χ3v) is 6.45. The van der Waals surface area contributed by atoms with E-state index in [0.29, 0.717) is 40.4 Å². The lowest BCUT2D eigenvalue weighted by Crippen LogP contribution is -2.27. The molecule has 8 nitrogen and oxygen atoms in total. The van der Waals surface area contributed by atoms with Crippen LogP contribution in [0.5, 0.6) is 0 Å². The van der Waals surface area contributed by atoms with Crippen molar-refractivity contribution in [1.29, 1.82) is 0 Å². The molecule has 4 heterocycles. The maximum Gasteiger partial charge on any atom is 0.182 e. The number of aromatic nitrogens is 6. The topological polar surface area (TPSA) is 87.8 Å². The molecule has 1 saturated heterocycles. The Balaban J connectivity index is 1.41. The van der Waals surface area contributed by atoms with Crippen LogP contribution in [0.4, 0.5) is 4.39 Å². The SMILES string of the molecule is Cc1nc2nc([C@@H]3COC[C@H](c4cnn(C5CC5)c4)O3)nc(-c3ccc(Cl)cc3F)c2nc1C. The molecule has 1 saturated carbocycles. The predicted molar refractivity (Wildman–Crippen MR) is 123 cm³/mol. The Kier molecular flexibility index (Phi) is 5.28. The molecule has 0 amide bonds. The lowest BCUT2D eigenvalue weighted by Gasteiger charge is -2.29. The van der Waals surface area contributed by atoms with E-state index in [1.807, 2.05) is 30.9 Å². The Morgan fingerprint density at radius 1 is 1.03 bits per heavy atom. The number of benzene rings is 1. The predicted octanol–water partition coefficient (Wildman–Crippen LogP) is 4.86. The molecule has 6 rings (SSSR count). The molecule has 2 aliphatic rings. The highest BCUT2D eigenvalue weighted by molar-refractivity contribution is 6.30. The molecule has 1 aromatic carbocycles. The van der Waals surface area contributed by atoms with Crippen molar-refractivity contribution in [3.63, 3.8) is 0 Å². The molecule has 0 radical (unpaired) electrons. The van der Waals surface area contributed by atoms with Gasteiger partial charge in [-0.1, -0.05) is 11.6 Å². The summed E-state index contributed by atoms with van der Waals surface area (Å²) in [5.74, 6) is -0.127. The lowest BCUT2D eigenvalue weighted by atomic mass is 10.1. The van der Waals surface area contributed by atoms with Gasteiger partial charge in [0, 0.05) is 22.3 Å². The Labute approximate surface area is 200 Å². The van der Waals surface area contributed by atoms with E-state index < -0.39 is 11.9 Å². The van der Waals surface area contributed by atoms with Gasteiger partial charge in [0.25, 0.3) is 0 Å². The van der Waals surface area contributed by atoms with Gasteiger partial charge in [0.2, 0.25) is 0 Å². The molecule has 0 N–H and O–H groups in total. The Bertz CT molecular complexity index is 1410. The van der Waals surface area contributed by atoms with E-state index >= 15 is 0 Å². The Morgan fingerprint density at radius 3 is 2.62 bits per heavy atom. The van der Waals surface area contributed by atoms with Gasteiger partial charge in [0.05, 0.1) is 36.8 Å². The third-order valence-electron chi connectivity index (χ3n) is 6.22. The van der Waals surface area contributed by atoms with Gasteiger partial charge in [-0.2, -0.15) is 5.10 Å². The number of hydrogen-bond donors (Lipinski definition) is 0. The summed E-state index contributed by atoms with van der Waals surface area (Å²) in [6.45, 7) is 4.40. The van der Waals surface area contributed by atoms with Gasteiger partial charge in [0.1, 0.15) is 29.2 Å². The number of rotatable bonds is 4. The second-order valence-corrected chi connectivity index (χ2v) is 9.19. The first-order chi connectivity index (χ1) is 16.5. The Morgan fingerprint density at radius 2 is 1.82 bits per heavy atom. The molecule has 0 unspecified atom stereocenters. The largest absolute Gasteiger partial charge is 0.375 e. The van der Waals surface area contributed by atoms with Gasteiger partial charge in [-0.25, -0.2) is 24.3 Å². The number of nitrogens with zero attached hydrogens (tertiary/aromatic N) is 6. The first-order valence-corrected chi connectivity index (χ1v) is 11.6. The first kappa shape index (κ1) is 21.5. The van der Waals surface area contributed by atoms with E-state index in [2.05, 4.69) is 20.1 Å². The monoisotopic (exact) mass is 480 g/mol. The molecule has 2 fully saturated rings. The van der Waals surface area contributed by atoms with E-state index in [-0.39, 0.29) is 18.3 Å². The van der Waals surface area contributed by atoms with E-state index in [1.54, 1.807) is 12.1 Å². The highest BCUT2D eigenvalue weighted by atomic mass is 35.5. The van der Waals surface area contributed by atoms with Crippen LogP contribution >= 0.6 is 11.6 Å². The van der Waals surface area contributed by atoms with Gasteiger partial charge >= 0.3 is 0 Å². The fourth-order valence-electron chi connectivity index (χ4n) is 4.07. The second-order valence-electron chi connectivity index (χ2n) is 8.76. The van der Waals surface area contributed by atoms with Crippen molar-refractivity contribution in [2.24, 2.45) is 0 Å². The minimum absolute atomic E-state index is 0.273. The van der Waals surface area contributed by atoms with Crippen LogP contribution in [0.25, 0.3) is 22.4 Å². The molecule has 3 aromatic heterocycles. The fourth-order valence-corrected chi connectivity index (χ4v) is 4.23. The third kappa shape index (κ3) is 3.93. The zero-order chi connectivity index (χ0) is 23.4. The molecule has 1 aliphatic carbocycles. The molecule has 4 aromatic rings. The minimum atomic E-state index is -0.551. The fraction of sp³-hybridized carbons (Fsp3) is 0.375. The van der Waals surface area contributed by atoms with Crippen molar-refractivity contribution in [3.8, 4) is 11.3 Å². The summed E-state index contributed by atoms with van der Waals surface area (Å²) >= 11 is 5.98. The molecular weight excluding hydrogens is 459 g/mol.